The summed E-state index contributed by atoms with van der Waals surface area (Å²) in [5.41, 5.74) is 0. The Morgan fingerprint density at radius 1 is 1.00 bits per heavy atom. The molecule has 0 aromatic carbocycles. The van der Waals surface area contributed by atoms with E-state index in [0.29, 0.717) is 17.7 Å². The van der Waals surface area contributed by atoms with Gasteiger partial charge in [0.15, 0.2) is 5.83 Å². The highest BCUT2D eigenvalue weighted by atomic mass is 19.4. The third-order valence-corrected chi connectivity index (χ3v) is 2.53. The monoisotopic (exact) mass is 229 g/mol. The minimum Gasteiger partial charge on any atom is -0.258 e. The third-order valence-electron chi connectivity index (χ3n) is 2.53. The minimum atomic E-state index is -5.28. The highest BCUT2D eigenvalue weighted by molar-refractivity contribution is 5.09. The smallest absolute Gasteiger partial charge is 0.258 e. The SMILES string of the molecule is C=C(F)C(F)(N1CCCCC1)C(F)(F)F. The molecule has 0 spiro atoms. The topological polar surface area (TPSA) is 3.24 Å². The molecule has 6 heteroatoms. The summed E-state index contributed by atoms with van der Waals surface area (Å²) in [6, 6.07) is 0. The maximum atomic E-state index is 13.6. The quantitative estimate of drug-likeness (QED) is 0.519. The second kappa shape index (κ2) is 4.08. The molecule has 0 aliphatic carbocycles. The van der Waals surface area contributed by atoms with Gasteiger partial charge in [0.05, 0.1) is 0 Å². The van der Waals surface area contributed by atoms with Crippen molar-refractivity contribution in [2.24, 2.45) is 0 Å². The zero-order chi connectivity index (χ0) is 11.7. The molecule has 1 aliphatic rings. The molecule has 15 heavy (non-hydrogen) atoms. The Morgan fingerprint density at radius 2 is 1.47 bits per heavy atom. The summed E-state index contributed by atoms with van der Waals surface area (Å²) in [5.74, 6) is -6.01. The Hall–Kier alpha value is -0.650. The molecule has 0 saturated carbocycles. The number of halogens is 5. The number of hydrogen-bond acceptors (Lipinski definition) is 1. The fourth-order valence-electron chi connectivity index (χ4n) is 1.71. The highest BCUT2D eigenvalue weighted by Gasteiger charge is 2.62. The van der Waals surface area contributed by atoms with E-state index in [0.717, 1.165) is 6.42 Å². The van der Waals surface area contributed by atoms with Gasteiger partial charge >= 0.3 is 12.0 Å². The van der Waals surface area contributed by atoms with E-state index in [1.807, 2.05) is 0 Å². The second-order valence-corrected chi connectivity index (χ2v) is 3.57. The molecular formula is C9H12F5N. The van der Waals surface area contributed by atoms with Crippen molar-refractivity contribution in [3.8, 4) is 0 Å². The van der Waals surface area contributed by atoms with Gasteiger partial charge in [-0.25, -0.2) is 8.78 Å². The van der Waals surface area contributed by atoms with Crippen LogP contribution in [0.15, 0.2) is 12.4 Å². The lowest BCUT2D eigenvalue weighted by Crippen LogP contribution is -2.57. The first-order chi connectivity index (χ1) is 6.80. The molecular weight excluding hydrogens is 217 g/mol. The first kappa shape index (κ1) is 12.4. The normalized spacial score (nSPS) is 23.5. The molecule has 88 valence electrons. The average Bonchev–Trinajstić information content (AvgIpc) is 2.16. The van der Waals surface area contributed by atoms with Crippen LogP contribution in [0.3, 0.4) is 0 Å². The van der Waals surface area contributed by atoms with Crippen LogP contribution in [0.2, 0.25) is 0 Å². The van der Waals surface area contributed by atoms with Gasteiger partial charge in [-0.3, -0.25) is 4.90 Å². The van der Waals surface area contributed by atoms with Crippen LogP contribution < -0.4 is 0 Å². The van der Waals surface area contributed by atoms with Crippen LogP contribution in [-0.2, 0) is 0 Å². The van der Waals surface area contributed by atoms with E-state index >= 15 is 0 Å². The molecule has 1 nitrogen and oxygen atoms in total. The lowest BCUT2D eigenvalue weighted by atomic mass is 10.1. The number of piperidine rings is 1. The number of likely N-dealkylation sites (tertiary alicyclic amines) is 1. The van der Waals surface area contributed by atoms with Crippen LogP contribution in [0.25, 0.3) is 0 Å². The van der Waals surface area contributed by atoms with Crippen molar-refractivity contribution >= 4 is 0 Å². The maximum absolute atomic E-state index is 13.6. The molecule has 0 N–H and O–H groups in total. The van der Waals surface area contributed by atoms with E-state index in [4.69, 9.17) is 0 Å². The van der Waals surface area contributed by atoms with E-state index in [9.17, 15) is 22.0 Å². The van der Waals surface area contributed by atoms with Crippen molar-refractivity contribution in [2.45, 2.75) is 31.2 Å². The van der Waals surface area contributed by atoms with Gasteiger partial charge in [-0.15, -0.1) is 0 Å². The first-order valence-corrected chi connectivity index (χ1v) is 4.65. The molecule has 0 bridgehead atoms. The predicted molar refractivity (Wildman–Crippen MR) is 45.6 cm³/mol. The van der Waals surface area contributed by atoms with Gasteiger partial charge in [-0.05, 0) is 12.8 Å². The van der Waals surface area contributed by atoms with Crippen molar-refractivity contribution in [2.75, 3.05) is 13.1 Å². The number of rotatable bonds is 2. The van der Waals surface area contributed by atoms with Crippen LogP contribution in [0.5, 0.6) is 0 Å². The summed E-state index contributed by atoms with van der Waals surface area (Å²) in [4.78, 5) is 0.471. The number of hydrogen-bond donors (Lipinski definition) is 0. The molecule has 1 aliphatic heterocycles. The zero-order valence-corrected chi connectivity index (χ0v) is 8.08. The van der Waals surface area contributed by atoms with E-state index in [2.05, 4.69) is 6.58 Å². The van der Waals surface area contributed by atoms with Gasteiger partial charge in [0.2, 0.25) is 0 Å². The van der Waals surface area contributed by atoms with E-state index in [1.54, 1.807) is 0 Å². The lowest BCUT2D eigenvalue weighted by molar-refractivity contribution is -0.275. The second-order valence-electron chi connectivity index (χ2n) is 3.57. The fraction of sp³-hybridized carbons (Fsp3) is 0.778. The summed E-state index contributed by atoms with van der Waals surface area (Å²) < 4.78 is 63.6. The van der Waals surface area contributed by atoms with Crippen LogP contribution >= 0.6 is 0 Å². The Morgan fingerprint density at radius 3 is 1.80 bits per heavy atom. The number of alkyl halides is 4. The van der Waals surface area contributed by atoms with Gasteiger partial charge in [0.25, 0.3) is 0 Å². The maximum Gasteiger partial charge on any atom is 0.443 e. The summed E-state index contributed by atoms with van der Waals surface area (Å²) in [6.45, 7) is 2.27. The molecule has 0 radical (unpaired) electrons. The lowest BCUT2D eigenvalue weighted by Gasteiger charge is -2.39. The molecule has 1 rings (SSSR count). The van der Waals surface area contributed by atoms with Crippen LogP contribution in [0.4, 0.5) is 22.0 Å². The van der Waals surface area contributed by atoms with Crippen molar-refractivity contribution in [1.82, 2.24) is 4.90 Å². The zero-order valence-electron chi connectivity index (χ0n) is 8.08. The molecule has 0 aromatic heterocycles. The van der Waals surface area contributed by atoms with Gasteiger partial charge in [-0.2, -0.15) is 13.2 Å². The summed E-state index contributed by atoms with van der Waals surface area (Å²) in [7, 11) is 0. The Bertz CT molecular complexity index is 243. The first-order valence-electron chi connectivity index (χ1n) is 4.65. The highest BCUT2D eigenvalue weighted by Crippen LogP contribution is 2.43. The van der Waals surface area contributed by atoms with E-state index < -0.39 is 17.8 Å². The molecule has 1 unspecified atom stereocenters. The Balaban J connectivity index is 2.94. The summed E-state index contributed by atoms with van der Waals surface area (Å²) in [6.07, 6.45) is -3.66. The van der Waals surface area contributed by atoms with Gasteiger partial charge in [-0.1, -0.05) is 13.0 Å². The van der Waals surface area contributed by atoms with E-state index in [-0.39, 0.29) is 13.1 Å². The Labute approximate surface area is 84.6 Å². The minimum absolute atomic E-state index is 0.0983. The fourth-order valence-corrected chi connectivity index (χ4v) is 1.71. The standard InChI is InChI=1S/C9H12F5N/c1-7(10)8(11,9(12,13)14)15-5-3-2-4-6-15/h1-6H2. The predicted octanol–water partition coefficient (Wildman–Crippen LogP) is 3.18. The van der Waals surface area contributed by atoms with Crippen LogP contribution in [0, 0.1) is 0 Å². The molecule has 1 saturated heterocycles. The Kier molecular flexibility index (Phi) is 3.38. The van der Waals surface area contributed by atoms with Crippen molar-refractivity contribution < 1.29 is 22.0 Å². The van der Waals surface area contributed by atoms with Crippen molar-refractivity contribution in [3.05, 3.63) is 12.4 Å². The van der Waals surface area contributed by atoms with E-state index in [1.165, 1.54) is 0 Å². The molecule has 0 amide bonds. The molecule has 0 aromatic rings. The van der Waals surface area contributed by atoms with Crippen LogP contribution in [-0.4, -0.2) is 30.0 Å². The molecule has 1 atom stereocenters. The van der Waals surface area contributed by atoms with Gasteiger partial charge in [0.1, 0.15) is 0 Å². The van der Waals surface area contributed by atoms with Gasteiger partial charge < -0.3 is 0 Å². The largest absolute Gasteiger partial charge is 0.443 e. The van der Waals surface area contributed by atoms with Crippen molar-refractivity contribution in [1.29, 1.82) is 0 Å². The third kappa shape index (κ3) is 2.14. The van der Waals surface area contributed by atoms with Crippen LogP contribution in [0.1, 0.15) is 19.3 Å². The molecule has 1 fully saturated rings. The number of nitrogens with zero attached hydrogens (tertiary/aromatic N) is 1. The van der Waals surface area contributed by atoms with Gasteiger partial charge in [0, 0.05) is 13.1 Å². The molecule has 1 heterocycles. The summed E-state index contributed by atoms with van der Waals surface area (Å²) >= 11 is 0. The summed E-state index contributed by atoms with van der Waals surface area (Å²) in [5, 5.41) is 0. The van der Waals surface area contributed by atoms with Crippen molar-refractivity contribution in [3.63, 3.8) is 0 Å². The average molecular weight is 229 g/mol.